The summed E-state index contributed by atoms with van der Waals surface area (Å²) in [5, 5.41) is 6.65. The summed E-state index contributed by atoms with van der Waals surface area (Å²) in [4.78, 5) is 4.67. The fourth-order valence-electron chi connectivity index (χ4n) is 1.70. The van der Waals surface area contributed by atoms with Gasteiger partial charge in [-0.15, -0.1) is 11.3 Å². The highest BCUT2D eigenvalue weighted by Crippen LogP contribution is 2.29. The Morgan fingerprint density at radius 3 is 2.70 bits per heavy atom. The number of nitrogens with zero attached hydrogens (tertiary/aromatic N) is 1. The predicted molar refractivity (Wildman–Crippen MR) is 88.8 cm³/mol. The zero-order valence-electron chi connectivity index (χ0n) is 12.2. The number of ether oxygens (including phenoxy) is 1. The van der Waals surface area contributed by atoms with E-state index < -0.39 is 0 Å². The van der Waals surface area contributed by atoms with E-state index in [0.717, 1.165) is 28.1 Å². The van der Waals surface area contributed by atoms with Gasteiger partial charge in [-0.2, -0.15) is 0 Å². The third-order valence-corrected chi connectivity index (χ3v) is 4.79. The smallest absolute Gasteiger partial charge is 0.135 e. The Morgan fingerprint density at radius 1 is 1.35 bits per heavy atom. The fourth-order valence-corrected chi connectivity index (χ4v) is 3.01. The predicted octanol–water partition coefficient (Wildman–Crippen LogP) is 4.82. The molecule has 2 rings (SSSR count). The summed E-state index contributed by atoms with van der Waals surface area (Å²) in [5.74, 6) is 0.823. The van der Waals surface area contributed by atoms with Crippen molar-refractivity contribution in [2.45, 2.75) is 32.7 Å². The Morgan fingerprint density at radius 2 is 2.10 bits per heavy atom. The first kappa shape index (κ1) is 15.3. The maximum atomic E-state index is 5.29. The zero-order valence-corrected chi connectivity index (χ0v) is 14.6. The molecule has 3 nitrogen and oxygen atoms in total. The molecule has 0 unspecified atom stereocenters. The van der Waals surface area contributed by atoms with E-state index in [4.69, 9.17) is 4.74 Å². The van der Waals surface area contributed by atoms with E-state index in [-0.39, 0.29) is 5.41 Å². The van der Waals surface area contributed by atoms with Crippen LogP contribution in [0.2, 0.25) is 0 Å². The van der Waals surface area contributed by atoms with Crippen molar-refractivity contribution in [3.05, 3.63) is 38.8 Å². The molecule has 2 aromatic rings. The molecule has 20 heavy (non-hydrogen) atoms. The summed E-state index contributed by atoms with van der Waals surface area (Å²) in [6, 6.07) is 5.97. The van der Waals surface area contributed by atoms with Crippen LogP contribution in [0.15, 0.2) is 28.1 Å². The maximum Gasteiger partial charge on any atom is 0.135 e. The highest BCUT2D eigenvalue weighted by atomic mass is 79.9. The van der Waals surface area contributed by atoms with Crippen LogP contribution in [0.5, 0.6) is 5.75 Å². The number of nitrogens with one attached hydrogen (secondary N) is 1. The average molecular weight is 355 g/mol. The molecule has 1 heterocycles. The van der Waals surface area contributed by atoms with Crippen LogP contribution in [0, 0.1) is 0 Å². The van der Waals surface area contributed by atoms with Crippen molar-refractivity contribution in [2.24, 2.45) is 0 Å². The first-order chi connectivity index (χ1) is 9.40. The molecule has 0 saturated heterocycles. The van der Waals surface area contributed by atoms with Crippen LogP contribution in [0.1, 0.15) is 31.5 Å². The summed E-state index contributed by atoms with van der Waals surface area (Å²) < 4.78 is 6.24. The molecule has 1 aromatic carbocycles. The second-order valence-corrected chi connectivity index (χ2v) is 7.31. The van der Waals surface area contributed by atoms with E-state index >= 15 is 0 Å². The van der Waals surface area contributed by atoms with E-state index in [2.05, 4.69) is 52.4 Å². The first-order valence-corrected chi connectivity index (χ1v) is 8.09. The van der Waals surface area contributed by atoms with Gasteiger partial charge >= 0.3 is 0 Å². The molecule has 0 radical (unpaired) electrons. The molecule has 1 N–H and O–H groups in total. The third kappa shape index (κ3) is 3.73. The van der Waals surface area contributed by atoms with Gasteiger partial charge in [0.25, 0.3) is 0 Å². The van der Waals surface area contributed by atoms with Crippen LogP contribution < -0.4 is 10.1 Å². The van der Waals surface area contributed by atoms with Gasteiger partial charge in [-0.05, 0) is 28.1 Å². The van der Waals surface area contributed by atoms with Crippen LogP contribution in [0.3, 0.4) is 0 Å². The van der Waals surface area contributed by atoms with Crippen LogP contribution in [0.25, 0.3) is 0 Å². The van der Waals surface area contributed by atoms with Gasteiger partial charge in [-0.1, -0.05) is 20.8 Å². The SMILES string of the molecule is COc1cc(NCc2csc(C(C)(C)C)n2)ccc1Br. The van der Waals surface area contributed by atoms with Crippen molar-refractivity contribution in [3.63, 3.8) is 0 Å². The molecule has 0 aliphatic carbocycles. The van der Waals surface area contributed by atoms with E-state index in [0.29, 0.717) is 0 Å². The second kappa shape index (κ2) is 6.14. The van der Waals surface area contributed by atoms with Gasteiger partial charge < -0.3 is 10.1 Å². The lowest BCUT2D eigenvalue weighted by Crippen LogP contribution is -2.11. The molecular formula is C15H19BrN2OS. The number of thiazole rings is 1. The lowest BCUT2D eigenvalue weighted by molar-refractivity contribution is 0.412. The normalized spacial score (nSPS) is 11.4. The van der Waals surface area contributed by atoms with Crippen LogP contribution in [0.4, 0.5) is 5.69 Å². The first-order valence-electron chi connectivity index (χ1n) is 6.42. The van der Waals surface area contributed by atoms with Gasteiger partial charge in [0.05, 0.1) is 28.8 Å². The monoisotopic (exact) mass is 354 g/mol. The molecule has 0 atom stereocenters. The highest BCUT2D eigenvalue weighted by Gasteiger charge is 2.17. The summed E-state index contributed by atoms with van der Waals surface area (Å²) in [6.07, 6.45) is 0. The molecule has 0 aliphatic heterocycles. The minimum atomic E-state index is 0.115. The molecule has 0 fully saturated rings. The van der Waals surface area contributed by atoms with Crippen molar-refractivity contribution in [3.8, 4) is 5.75 Å². The van der Waals surface area contributed by atoms with Crippen molar-refractivity contribution in [1.82, 2.24) is 4.98 Å². The molecule has 0 aliphatic rings. The molecule has 108 valence electrons. The fraction of sp³-hybridized carbons (Fsp3) is 0.400. The Hall–Kier alpha value is -1.07. The molecule has 0 spiro atoms. The van der Waals surface area contributed by atoms with Crippen molar-refractivity contribution >= 4 is 33.0 Å². The number of hydrogen-bond acceptors (Lipinski definition) is 4. The second-order valence-electron chi connectivity index (χ2n) is 5.60. The van der Waals surface area contributed by atoms with E-state index in [1.54, 1.807) is 18.4 Å². The van der Waals surface area contributed by atoms with Crippen molar-refractivity contribution < 1.29 is 4.74 Å². The van der Waals surface area contributed by atoms with Crippen LogP contribution in [-0.4, -0.2) is 12.1 Å². The maximum absolute atomic E-state index is 5.29. The number of hydrogen-bond donors (Lipinski definition) is 1. The van der Waals surface area contributed by atoms with Gasteiger partial charge in [0, 0.05) is 22.5 Å². The number of methoxy groups -OCH3 is 1. The van der Waals surface area contributed by atoms with E-state index in [1.807, 2.05) is 18.2 Å². The Labute approximate surface area is 132 Å². The van der Waals surface area contributed by atoms with Crippen LogP contribution >= 0.6 is 27.3 Å². The molecule has 1 aromatic heterocycles. The Bertz CT molecular complexity index is 590. The Balaban J connectivity index is 2.04. The van der Waals surface area contributed by atoms with Crippen molar-refractivity contribution in [2.75, 3.05) is 12.4 Å². The minimum Gasteiger partial charge on any atom is -0.495 e. The largest absolute Gasteiger partial charge is 0.495 e. The Kier molecular flexibility index (Phi) is 4.70. The number of rotatable bonds is 4. The molecular weight excluding hydrogens is 336 g/mol. The van der Waals surface area contributed by atoms with Gasteiger partial charge in [0.15, 0.2) is 0 Å². The van der Waals surface area contributed by atoms with Gasteiger partial charge in [-0.3, -0.25) is 0 Å². The summed E-state index contributed by atoms with van der Waals surface area (Å²) in [6.45, 7) is 7.27. The number of anilines is 1. The summed E-state index contributed by atoms with van der Waals surface area (Å²) in [7, 11) is 1.67. The van der Waals surface area contributed by atoms with E-state index in [1.165, 1.54) is 5.01 Å². The minimum absolute atomic E-state index is 0.115. The van der Waals surface area contributed by atoms with Crippen LogP contribution in [-0.2, 0) is 12.0 Å². The lowest BCUT2D eigenvalue weighted by atomic mass is 9.98. The van der Waals surface area contributed by atoms with Crippen molar-refractivity contribution in [1.29, 1.82) is 0 Å². The van der Waals surface area contributed by atoms with Gasteiger partial charge in [-0.25, -0.2) is 4.98 Å². The summed E-state index contributed by atoms with van der Waals surface area (Å²) >= 11 is 5.17. The van der Waals surface area contributed by atoms with Gasteiger partial charge in [0.2, 0.25) is 0 Å². The highest BCUT2D eigenvalue weighted by molar-refractivity contribution is 9.10. The quantitative estimate of drug-likeness (QED) is 0.854. The molecule has 0 bridgehead atoms. The standard InChI is InChI=1S/C15H19BrN2OS/c1-15(2,3)14-18-11(9-20-14)8-17-10-5-6-12(16)13(7-10)19-4/h5-7,9,17H,8H2,1-4H3. The molecule has 5 heteroatoms. The lowest BCUT2D eigenvalue weighted by Gasteiger charge is -2.13. The number of halogens is 1. The van der Waals surface area contributed by atoms with Gasteiger partial charge in [0.1, 0.15) is 5.75 Å². The summed E-state index contributed by atoms with van der Waals surface area (Å²) in [5.41, 5.74) is 2.21. The average Bonchev–Trinajstić information content (AvgIpc) is 2.86. The third-order valence-electron chi connectivity index (χ3n) is 2.82. The topological polar surface area (TPSA) is 34.1 Å². The van der Waals surface area contributed by atoms with E-state index in [9.17, 15) is 0 Å². The zero-order chi connectivity index (χ0) is 14.8. The molecule has 0 saturated carbocycles. The number of aromatic nitrogens is 1. The molecule has 0 amide bonds. The number of benzene rings is 1.